The molecule has 0 amide bonds. The number of Topliss-reactive ketones (excluding diaryl/α,β-unsaturated/α-hetero) is 1. The van der Waals surface area contributed by atoms with Gasteiger partial charge < -0.3 is 14.4 Å². The summed E-state index contributed by atoms with van der Waals surface area (Å²) in [6.45, 7) is 1.69. The Labute approximate surface area is 175 Å². The molecule has 30 heavy (non-hydrogen) atoms. The molecule has 154 valence electrons. The van der Waals surface area contributed by atoms with Crippen LogP contribution in [0, 0.1) is 11.3 Å². The minimum atomic E-state index is -1.32. The molecule has 0 spiro atoms. The van der Waals surface area contributed by atoms with Crippen LogP contribution in [0.3, 0.4) is 0 Å². The van der Waals surface area contributed by atoms with E-state index in [-0.39, 0.29) is 5.78 Å². The van der Waals surface area contributed by atoms with Crippen molar-refractivity contribution in [2.45, 2.75) is 19.0 Å². The maximum absolute atomic E-state index is 13.6. The Balaban J connectivity index is 1.95. The quantitative estimate of drug-likeness (QED) is 0.574. The number of rotatable bonds is 4. The van der Waals surface area contributed by atoms with Crippen molar-refractivity contribution in [2.75, 3.05) is 14.2 Å². The number of benzene rings is 2. The van der Waals surface area contributed by atoms with E-state index in [2.05, 4.69) is 0 Å². The lowest BCUT2D eigenvalue weighted by molar-refractivity contribution is -0.164. The molecular formula is C24H23NO5. The smallest absolute Gasteiger partial charge is 0.314 e. The lowest BCUT2D eigenvalue weighted by Crippen LogP contribution is -2.46. The second-order valence-electron chi connectivity index (χ2n) is 7.74. The third-order valence-electron chi connectivity index (χ3n) is 6.27. The van der Waals surface area contributed by atoms with Crippen LogP contribution in [0.2, 0.25) is 0 Å². The molecule has 4 rings (SSSR count). The number of nitrogens with zero attached hydrogens (tertiary/aromatic N) is 1. The van der Waals surface area contributed by atoms with Gasteiger partial charge in [-0.25, -0.2) is 0 Å². The number of carbonyl (C=O) groups is 3. The summed E-state index contributed by atoms with van der Waals surface area (Å²) in [4.78, 5) is 41.6. The summed E-state index contributed by atoms with van der Waals surface area (Å²) in [5.41, 5.74) is 0.949. The fourth-order valence-corrected chi connectivity index (χ4v) is 4.90. The molecule has 0 unspecified atom stereocenters. The van der Waals surface area contributed by atoms with Gasteiger partial charge in [-0.1, -0.05) is 54.6 Å². The minimum absolute atomic E-state index is 0.243. The first-order valence-electron chi connectivity index (χ1n) is 9.75. The average Bonchev–Trinajstić information content (AvgIpc) is 3.08. The van der Waals surface area contributed by atoms with Gasteiger partial charge in [-0.3, -0.25) is 14.4 Å². The van der Waals surface area contributed by atoms with E-state index in [0.29, 0.717) is 5.56 Å². The van der Waals surface area contributed by atoms with Crippen LogP contribution in [0.25, 0.3) is 6.08 Å². The van der Waals surface area contributed by atoms with Gasteiger partial charge in [0.2, 0.25) is 0 Å². The molecule has 0 aromatic heterocycles. The fraction of sp³-hybridized carbons (Fsp3) is 0.292. The van der Waals surface area contributed by atoms with Crippen LogP contribution in [-0.2, 0) is 19.1 Å². The molecule has 6 nitrogen and oxygen atoms in total. The summed E-state index contributed by atoms with van der Waals surface area (Å²) in [5.74, 6) is -2.45. The van der Waals surface area contributed by atoms with Crippen LogP contribution in [-0.4, -0.2) is 42.9 Å². The molecule has 0 bridgehead atoms. The molecule has 0 saturated carbocycles. The third kappa shape index (κ3) is 2.75. The number of ketones is 1. The molecule has 2 aliphatic heterocycles. The summed E-state index contributed by atoms with van der Waals surface area (Å²) in [5, 5.41) is 0. The van der Waals surface area contributed by atoms with Gasteiger partial charge in [0.1, 0.15) is 17.4 Å². The van der Waals surface area contributed by atoms with Gasteiger partial charge >= 0.3 is 11.9 Å². The van der Waals surface area contributed by atoms with E-state index < -0.39 is 35.4 Å². The highest BCUT2D eigenvalue weighted by Crippen LogP contribution is 2.57. The van der Waals surface area contributed by atoms with Crippen LogP contribution in [0.1, 0.15) is 34.5 Å². The Morgan fingerprint density at radius 1 is 0.933 bits per heavy atom. The van der Waals surface area contributed by atoms with Crippen LogP contribution in [0.4, 0.5) is 0 Å². The molecule has 2 heterocycles. The molecule has 2 aromatic carbocycles. The number of hydrogen-bond donors (Lipinski definition) is 0. The monoisotopic (exact) mass is 405 g/mol. The number of methoxy groups -OCH3 is 2. The molecule has 0 aliphatic carbocycles. The van der Waals surface area contributed by atoms with Crippen LogP contribution < -0.4 is 0 Å². The minimum Gasteiger partial charge on any atom is -0.469 e. The van der Waals surface area contributed by atoms with Crippen molar-refractivity contribution in [3.63, 3.8) is 0 Å². The lowest BCUT2D eigenvalue weighted by atomic mass is 9.69. The molecular weight excluding hydrogens is 382 g/mol. The average molecular weight is 405 g/mol. The lowest BCUT2D eigenvalue weighted by Gasteiger charge is -2.37. The topological polar surface area (TPSA) is 72.9 Å². The number of hydrogen-bond acceptors (Lipinski definition) is 6. The normalized spacial score (nSPS) is 26.5. The highest BCUT2D eigenvalue weighted by molar-refractivity contribution is 6.05. The summed E-state index contributed by atoms with van der Waals surface area (Å²) in [6.07, 6.45) is 3.69. The van der Waals surface area contributed by atoms with Crippen LogP contribution in [0.5, 0.6) is 0 Å². The summed E-state index contributed by atoms with van der Waals surface area (Å²) in [7, 11) is 2.56. The van der Waals surface area contributed by atoms with Crippen LogP contribution in [0.15, 0.2) is 60.8 Å². The van der Waals surface area contributed by atoms with Crippen molar-refractivity contribution in [1.29, 1.82) is 0 Å². The fourth-order valence-electron chi connectivity index (χ4n) is 4.90. The molecule has 4 atom stereocenters. The first kappa shape index (κ1) is 19.9. The van der Waals surface area contributed by atoms with E-state index in [4.69, 9.17) is 9.47 Å². The van der Waals surface area contributed by atoms with E-state index in [1.54, 1.807) is 37.4 Å². The second-order valence-corrected chi connectivity index (χ2v) is 7.74. The van der Waals surface area contributed by atoms with Crippen molar-refractivity contribution >= 4 is 23.8 Å². The van der Waals surface area contributed by atoms with Gasteiger partial charge in [0, 0.05) is 11.8 Å². The van der Waals surface area contributed by atoms with E-state index in [9.17, 15) is 14.4 Å². The Morgan fingerprint density at radius 3 is 2.27 bits per heavy atom. The molecule has 2 aliphatic rings. The molecule has 0 radical (unpaired) electrons. The van der Waals surface area contributed by atoms with E-state index in [0.717, 1.165) is 11.1 Å². The number of fused-ring (bicyclic) bond motifs is 3. The van der Waals surface area contributed by atoms with Crippen molar-refractivity contribution < 1.29 is 23.9 Å². The van der Waals surface area contributed by atoms with Gasteiger partial charge in [-0.05, 0) is 24.1 Å². The summed E-state index contributed by atoms with van der Waals surface area (Å²) in [6, 6.07) is 15.0. The predicted octanol–water partition coefficient (Wildman–Crippen LogP) is 3.25. The summed E-state index contributed by atoms with van der Waals surface area (Å²) < 4.78 is 10.2. The van der Waals surface area contributed by atoms with Crippen molar-refractivity contribution in [3.8, 4) is 0 Å². The predicted molar refractivity (Wildman–Crippen MR) is 110 cm³/mol. The first-order valence-corrected chi connectivity index (χ1v) is 9.75. The maximum Gasteiger partial charge on any atom is 0.314 e. The Kier molecular flexibility index (Phi) is 4.94. The largest absolute Gasteiger partial charge is 0.469 e. The Hall–Kier alpha value is -3.41. The third-order valence-corrected chi connectivity index (χ3v) is 6.27. The van der Waals surface area contributed by atoms with E-state index >= 15 is 0 Å². The number of ether oxygens (including phenoxy) is 2. The van der Waals surface area contributed by atoms with Gasteiger partial charge in [-0.2, -0.15) is 0 Å². The van der Waals surface area contributed by atoms with Crippen molar-refractivity contribution in [3.05, 3.63) is 77.5 Å². The highest BCUT2D eigenvalue weighted by Gasteiger charge is 2.66. The zero-order valence-corrected chi connectivity index (χ0v) is 17.1. The van der Waals surface area contributed by atoms with Gasteiger partial charge in [0.15, 0.2) is 5.78 Å². The zero-order valence-electron chi connectivity index (χ0n) is 17.1. The van der Waals surface area contributed by atoms with Crippen molar-refractivity contribution in [2.24, 2.45) is 11.3 Å². The van der Waals surface area contributed by atoms with Gasteiger partial charge in [0.25, 0.3) is 0 Å². The van der Waals surface area contributed by atoms with Crippen LogP contribution >= 0.6 is 0 Å². The van der Waals surface area contributed by atoms with Crippen molar-refractivity contribution in [1.82, 2.24) is 4.90 Å². The molecule has 1 saturated heterocycles. The first-order chi connectivity index (χ1) is 14.4. The maximum atomic E-state index is 13.6. The number of carbonyl (C=O) groups excluding carboxylic acids is 3. The molecule has 1 fully saturated rings. The highest BCUT2D eigenvalue weighted by atomic mass is 16.5. The Bertz CT molecular complexity index is 1030. The molecule has 0 N–H and O–H groups in total. The SMILES string of the molecule is COC(=O)[C@H]1[C@H](C(=O)c2ccccc2)N2C=Cc3ccccc3[C@H]2[C@@]1(C)C(=O)OC. The van der Waals surface area contributed by atoms with Gasteiger partial charge in [-0.15, -0.1) is 0 Å². The summed E-state index contributed by atoms with van der Waals surface area (Å²) >= 11 is 0. The van der Waals surface area contributed by atoms with E-state index in [1.807, 2.05) is 41.3 Å². The Morgan fingerprint density at radius 2 is 1.60 bits per heavy atom. The standard InChI is InChI=1S/C24H23NO5/c1-24(23(28)30-3)18(22(27)29-2)19(20(26)16-10-5-4-6-11-16)25-14-13-15-9-7-8-12-17(15)21(24)25/h4-14,18-19,21H,1-3H3/t18-,19-,21+,24+/m1/s1. The van der Waals surface area contributed by atoms with E-state index in [1.165, 1.54) is 14.2 Å². The zero-order chi connectivity index (χ0) is 21.5. The number of esters is 2. The van der Waals surface area contributed by atoms with Gasteiger partial charge in [0.05, 0.1) is 20.3 Å². The molecule has 2 aromatic rings. The molecule has 6 heteroatoms. The second kappa shape index (κ2) is 7.44.